The molecule has 0 fully saturated rings. The van der Waals surface area contributed by atoms with E-state index in [0.717, 1.165) is 12.5 Å². The van der Waals surface area contributed by atoms with Gasteiger partial charge in [-0.15, -0.1) is 0 Å². The molecule has 1 aliphatic rings. The summed E-state index contributed by atoms with van der Waals surface area (Å²) in [4.78, 5) is 0. The third-order valence-corrected chi connectivity index (χ3v) is 3.49. The molecule has 2 rings (SSSR count). The molecule has 1 heteroatoms. The van der Waals surface area contributed by atoms with Crippen LogP contribution < -0.4 is 5.32 Å². The first-order valence-electron chi connectivity index (χ1n) is 6.08. The lowest BCUT2D eigenvalue weighted by Gasteiger charge is -2.28. The summed E-state index contributed by atoms with van der Waals surface area (Å²) in [6, 6.07) is 6.67. The molecule has 82 valence electrons. The van der Waals surface area contributed by atoms with Gasteiger partial charge in [-0.2, -0.15) is 0 Å². The molecule has 1 nitrogen and oxygen atoms in total. The van der Waals surface area contributed by atoms with Gasteiger partial charge < -0.3 is 5.32 Å². The summed E-state index contributed by atoms with van der Waals surface area (Å²) in [5, 5.41) is 3.56. The van der Waals surface area contributed by atoms with Crippen LogP contribution in [0.1, 0.15) is 44.2 Å². The lowest BCUT2D eigenvalue weighted by molar-refractivity contribution is 0.517. The fraction of sp³-hybridized carbons (Fsp3) is 0.571. The van der Waals surface area contributed by atoms with Crippen molar-refractivity contribution in [1.82, 2.24) is 0 Å². The van der Waals surface area contributed by atoms with Gasteiger partial charge in [0, 0.05) is 12.2 Å². The van der Waals surface area contributed by atoms with E-state index in [2.05, 4.69) is 44.3 Å². The van der Waals surface area contributed by atoms with Crippen molar-refractivity contribution in [2.75, 3.05) is 11.9 Å². The zero-order valence-electron chi connectivity index (χ0n) is 10.0. The van der Waals surface area contributed by atoms with E-state index in [4.69, 9.17) is 0 Å². The van der Waals surface area contributed by atoms with Gasteiger partial charge in [-0.3, -0.25) is 0 Å². The minimum absolute atomic E-state index is 0.636. The molecule has 1 heterocycles. The van der Waals surface area contributed by atoms with E-state index in [9.17, 15) is 0 Å². The van der Waals surface area contributed by atoms with Crippen LogP contribution in [-0.4, -0.2) is 6.54 Å². The molecule has 0 aliphatic carbocycles. The first kappa shape index (κ1) is 10.5. The van der Waals surface area contributed by atoms with E-state index in [1.54, 1.807) is 5.56 Å². The van der Waals surface area contributed by atoms with Gasteiger partial charge in [0.1, 0.15) is 0 Å². The quantitative estimate of drug-likeness (QED) is 0.770. The summed E-state index contributed by atoms with van der Waals surface area (Å²) in [6.07, 6.45) is 2.53. The minimum Gasteiger partial charge on any atom is -0.385 e. The van der Waals surface area contributed by atoms with Crippen molar-refractivity contribution in [3.63, 3.8) is 0 Å². The van der Waals surface area contributed by atoms with Crippen LogP contribution in [-0.2, 0) is 6.42 Å². The SMILES string of the molecule is CCC1CNc2cccc(C(C)C)c2C1. The van der Waals surface area contributed by atoms with E-state index in [1.807, 2.05) is 0 Å². The molecule has 1 unspecified atom stereocenters. The van der Waals surface area contributed by atoms with Gasteiger partial charge in [0.05, 0.1) is 0 Å². The molecule has 0 aromatic heterocycles. The van der Waals surface area contributed by atoms with E-state index < -0.39 is 0 Å². The monoisotopic (exact) mass is 203 g/mol. The van der Waals surface area contributed by atoms with E-state index >= 15 is 0 Å². The summed E-state index contributed by atoms with van der Waals surface area (Å²) >= 11 is 0. The standard InChI is InChI=1S/C14H21N/c1-4-11-8-13-12(10(2)3)6-5-7-14(13)15-9-11/h5-7,10-11,15H,4,8-9H2,1-3H3. The highest BCUT2D eigenvalue weighted by Crippen LogP contribution is 2.32. The number of hydrogen-bond donors (Lipinski definition) is 1. The lowest BCUT2D eigenvalue weighted by Crippen LogP contribution is -2.23. The zero-order valence-corrected chi connectivity index (χ0v) is 10.0. The average molecular weight is 203 g/mol. The Morgan fingerprint density at radius 2 is 2.20 bits per heavy atom. The lowest BCUT2D eigenvalue weighted by atomic mass is 9.86. The van der Waals surface area contributed by atoms with E-state index in [0.29, 0.717) is 5.92 Å². The number of fused-ring (bicyclic) bond motifs is 1. The average Bonchev–Trinajstić information content (AvgIpc) is 2.27. The first-order valence-corrected chi connectivity index (χ1v) is 6.08. The largest absolute Gasteiger partial charge is 0.385 e. The fourth-order valence-electron chi connectivity index (χ4n) is 2.44. The highest BCUT2D eigenvalue weighted by atomic mass is 14.9. The van der Waals surface area contributed by atoms with Crippen LogP contribution in [0.2, 0.25) is 0 Å². The molecule has 1 aromatic carbocycles. The Kier molecular flexibility index (Phi) is 2.99. The number of nitrogens with one attached hydrogen (secondary N) is 1. The van der Waals surface area contributed by atoms with Crippen LogP contribution >= 0.6 is 0 Å². The Morgan fingerprint density at radius 3 is 2.87 bits per heavy atom. The first-order chi connectivity index (χ1) is 7.22. The van der Waals surface area contributed by atoms with Crippen LogP contribution in [0.15, 0.2) is 18.2 Å². The van der Waals surface area contributed by atoms with Crippen LogP contribution in [0, 0.1) is 5.92 Å². The Balaban J connectivity index is 2.36. The molecule has 1 aromatic rings. The predicted molar refractivity (Wildman–Crippen MR) is 66.5 cm³/mol. The molecular formula is C14H21N. The van der Waals surface area contributed by atoms with Crippen molar-refractivity contribution in [3.05, 3.63) is 29.3 Å². The highest BCUT2D eigenvalue weighted by molar-refractivity contribution is 5.57. The zero-order chi connectivity index (χ0) is 10.8. The number of rotatable bonds is 2. The summed E-state index contributed by atoms with van der Waals surface area (Å²) < 4.78 is 0. The van der Waals surface area contributed by atoms with Crippen LogP contribution in [0.3, 0.4) is 0 Å². The summed E-state index contributed by atoms with van der Waals surface area (Å²) in [7, 11) is 0. The molecule has 15 heavy (non-hydrogen) atoms. The van der Waals surface area contributed by atoms with Gasteiger partial charge in [-0.25, -0.2) is 0 Å². The van der Waals surface area contributed by atoms with Gasteiger partial charge in [0.25, 0.3) is 0 Å². The van der Waals surface area contributed by atoms with Crippen molar-refractivity contribution < 1.29 is 0 Å². The van der Waals surface area contributed by atoms with Crippen LogP contribution in [0.25, 0.3) is 0 Å². The molecule has 0 saturated heterocycles. The third-order valence-electron chi connectivity index (χ3n) is 3.49. The maximum atomic E-state index is 3.56. The van der Waals surface area contributed by atoms with Crippen molar-refractivity contribution in [2.24, 2.45) is 5.92 Å². The fourth-order valence-corrected chi connectivity index (χ4v) is 2.44. The molecule has 0 saturated carbocycles. The molecule has 1 N–H and O–H groups in total. The molecular weight excluding hydrogens is 182 g/mol. The van der Waals surface area contributed by atoms with Gasteiger partial charge in [0.15, 0.2) is 0 Å². The van der Waals surface area contributed by atoms with E-state index in [1.165, 1.54) is 24.1 Å². The van der Waals surface area contributed by atoms with Gasteiger partial charge in [0.2, 0.25) is 0 Å². The third kappa shape index (κ3) is 2.01. The van der Waals surface area contributed by atoms with Crippen molar-refractivity contribution >= 4 is 5.69 Å². The van der Waals surface area contributed by atoms with Gasteiger partial charge >= 0.3 is 0 Å². The minimum atomic E-state index is 0.636. The second-order valence-corrected chi connectivity index (χ2v) is 4.89. The number of benzene rings is 1. The molecule has 1 aliphatic heterocycles. The number of anilines is 1. The summed E-state index contributed by atoms with van der Waals surface area (Å²) in [6.45, 7) is 8.00. The maximum absolute atomic E-state index is 3.56. The Bertz CT molecular complexity index is 341. The Hall–Kier alpha value is -0.980. The van der Waals surface area contributed by atoms with Crippen LogP contribution in [0.4, 0.5) is 5.69 Å². The van der Waals surface area contributed by atoms with Crippen LogP contribution in [0.5, 0.6) is 0 Å². The highest BCUT2D eigenvalue weighted by Gasteiger charge is 2.19. The molecule has 0 radical (unpaired) electrons. The maximum Gasteiger partial charge on any atom is 0.0375 e. The van der Waals surface area contributed by atoms with Crippen molar-refractivity contribution in [3.8, 4) is 0 Å². The molecule has 1 atom stereocenters. The van der Waals surface area contributed by atoms with Crippen molar-refractivity contribution in [2.45, 2.75) is 39.5 Å². The molecule has 0 amide bonds. The van der Waals surface area contributed by atoms with Gasteiger partial charge in [-0.1, -0.05) is 39.3 Å². The Labute approximate surface area is 92.9 Å². The smallest absolute Gasteiger partial charge is 0.0375 e. The van der Waals surface area contributed by atoms with Crippen molar-refractivity contribution in [1.29, 1.82) is 0 Å². The number of hydrogen-bond acceptors (Lipinski definition) is 1. The predicted octanol–water partition coefficient (Wildman–Crippen LogP) is 3.80. The Morgan fingerprint density at radius 1 is 1.40 bits per heavy atom. The van der Waals surface area contributed by atoms with Gasteiger partial charge in [-0.05, 0) is 35.4 Å². The second-order valence-electron chi connectivity index (χ2n) is 4.89. The molecule has 0 bridgehead atoms. The molecule has 0 spiro atoms. The summed E-state index contributed by atoms with van der Waals surface area (Å²) in [5.41, 5.74) is 4.45. The second kappa shape index (κ2) is 4.26. The summed E-state index contributed by atoms with van der Waals surface area (Å²) in [5.74, 6) is 1.45. The normalized spacial score (nSPS) is 19.9. The van der Waals surface area contributed by atoms with E-state index in [-0.39, 0.29) is 0 Å². The topological polar surface area (TPSA) is 12.0 Å².